The lowest BCUT2D eigenvalue weighted by molar-refractivity contribution is 0.103. The molecule has 0 saturated heterocycles. The van der Waals surface area contributed by atoms with Gasteiger partial charge in [-0.3, -0.25) is 9.89 Å². The summed E-state index contributed by atoms with van der Waals surface area (Å²) in [5, 5.41) is 16.1. The Labute approximate surface area is 130 Å². The van der Waals surface area contributed by atoms with Gasteiger partial charge in [-0.05, 0) is 24.3 Å². The summed E-state index contributed by atoms with van der Waals surface area (Å²) in [6, 6.07) is 6.70. The molecule has 0 fully saturated rings. The first-order valence-electron chi connectivity index (χ1n) is 6.54. The van der Waals surface area contributed by atoms with Crippen molar-refractivity contribution < 1.29 is 19.1 Å². The van der Waals surface area contributed by atoms with Crippen LogP contribution in [0.4, 0.5) is 5.69 Å². The molecular weight excluding hydrogens is 300 g/mol. The lowest BCUT2D eigenvalue weighted by atomic mass is 10.2. The van der Waals surface area contributed by atoms with E-state index in [1.165, 1.54) is 18.9 Å². The average molecular weight is 312 g/mol. The molecule has 2 heterocycles. The van der Waals surface area contributed by atoms with Crippen LogP contribution in [0.2, 0.25) is 0 Å². The number of benzene rings is 1. The highest BCUT2D eigenvalue weighted by Crippen LogP contribution is 2.30. The standard InChI is InChI=1S/C15H12N4O4/c16-9-1-3-10(4-2-9)23-14-7-22-6-11(14)12(20)5-13(21)15-17-8-18-19-15/h1-8,20H,16H2,(H,17,18,19). The normalized spacial score (nSPS) is 11.4. The third kappa shape index (κ3) is 3.21. The smallest absolute Gasteiger partial charge is 0.226 e. The average Bonchev–Trinajstić information content (AvgIpc) is 3.20. The number of nitrogens with two attached hydrogens (primary N) is 1. The predicted molar refractivity (Wildman–Crippen MR) is 81.0 cm³/mol. The summed E-state index contributed by atoms with van der Waals surface area (Å²) in [6.07, 6.45) is 4.79. The van der Waals surface area contributed by atoms with E-state index in [0.717, 1.165) is 6.08 Å². The van der Waals surface area contributed by atoms with Gasteiger partial charge in [0.05, 0.1) is 5.56 Å². The van der Waals surface area contributed by atoms with E-state index in [2.05, 4.69) is 15.2 Å². The minimum Gasteiger partial charge on any atom is -0.507 e. The van der Waals surface area contributed by atoms with Crippen LogP contribution in [0.3, 0.4) is 0 Å². The number of ether oxygens (including phenoxy) is 1. The summed E-state index contributed by atoms with van der Waals surface area (Å²) >= 11 is 0. The number of hydrogen-bond acceptors (Lipinski definition) is 7. The number of aliphatic hydroxyl groups excluding tert-OH is 1. The summed E-state index contributed by atoms with van der Waals surface area (Å²) in [5.74, 6) is -0.0589. The van der Waals surface area contributed by atoms with Gasteiger partial charge in [-0.25, -0.2) is 4.98 Å². The SMILES string of the molecule is Nc1ccc(Oc2cocc2C(O)=CC(=O)c2ncn[nH]2)cc1. The van der Waals surface area contributed by atoms with Crippen molar-refractivity contribution in [2.24, 2.45) is 0 Å². The van der Waals surface area contributed by atoms with Gasteiger partial charge in [0.2, 0.25) is 5.78 Å². The fraction of sp³-hybridized carbons (Fsp3) is 0. The van der Waals surface area contributed by atoms with Crippen molar-refractivity contribution in [3.63, 3.8) is 0 Å². The van der Waals surface area contributed by atoms with E-state index in [9.17, 15) is 9.90 Å². The number of carbonyl (C=O) groups is 1. The number of aliphatic hydroxyl groups is 1. The number of furan rings is 1. The summed E-state index contributed by atoms with van der Waals surface area (Å²) in [6.45, 7) is 0. The van der Waals surface area contributed by atoms with Crippen LogP contribution in [0.25, 0.3) is 5.76 Å². The number of carbonyl (C=O) groups excluding carboxylic acids is 1. The van der Waals surface area contributed by atoms with Crippen LogP contribution in [0, 0.1) is 0 Å². The number of hydrogen-bond donors (Lipinski definition) is 3. The van der Waals surface area contributed by atoms with Crippen molar-refractivity contribution in [1.82, 2.24) is 15.2 Å². The molecule has 8 nitrogen and oxygen atoms in total. The minimum atomic E-state index is -0.528. The van der Waals surface area contributed by atoms with Gasteiger partial charge in [-0.15, -0.1) is 0 Å². The van der Waals surface area contributed by atoms with Crippen LogP contribution in [0.1, 0.15) is 16.2 Å². The Morgan fingerprint density at radius 3 is 2.78 bits per heavy atom. The fourth-order valence-corrected chi connectivity index (χ4v) is 1.81. The minimum absolute atomic E-state index is 0.0149. The summed E-state index contributed by atoms with van der Waals surface area (Å²) < 4.78 is 10.6. The van der Waals surface area contributed by atoms with E-state index in [4.69, 9.17) is 14.9 Å². The highest BCUT2D eigenvalue weighted by Gasteiger charge is 2.15. The second kappa shape index (κ2) is 6.06. The van der Waals surface area contributed by atoms with E-state index >= 15 is 0 Å². The monoisotopic (exact) mass is 312 g/mol. The summed E-state index contributed by atoms with van der Waals surface area (Å²) in [4.78, 5) is 15.6. The Morgan fingerprint density at radius 1 is 1.30 bits per heavy atom. The van der Waals surface area contributed by atoms with E-state index in [1.807, 2.05) is 0 Å². The summed E-state index contributed by atoms with van der Waals surface area (Å²) in [7, 11) is 0. The van der Waals surface area contributed by atoms with Crippen LogP contribution < -0.4 is 10.5 Å². The van der Waals surface area contributed by atoms with Crippen molar-refractivity contribution in [3.05, 3.63) is 60.6 Å². The largest absolute Gasteiger partial charge is 0.507 e. The van der Waals surface area contributed by atoms with Gasteiger partial charge in [-0.2, -0.15) is 5.10 Å². The maximum atomic E-state index is 11.9. The Balaban J connectivity index is 1.82. The Kier molecular flexibility index (Phi) is 3.79. The van der Waals surface area contributed by atoms with E-state index in [0.29, 0.717) is 11.4 Å². The lowest BCUT2D eigenvalue weighted by Gasteiger charge is -2.05. The molecule has 0 unspecified atom stereocenters. The number of aromatic amines is 1. The second-order valence-corrected chi connectivity index (χ2v) is 4.55. The maximum Gasteiger partial charge on any atom is 0.226 e. The molecule has 0 amide bonds. The number of aromatic nitrogens is 3. The van der Waals surface area contributed by atoms with Crippen LogP contribution in [0.15, 0.2) is 53.6 Å². The first-order valence-corrected chi connectivity index (χ1v) is 6.54. The van der Waals surface area contributed by atoms with Crippen LogP contribution in [0.5, 0.6) is 11.5 Å². The number of allylic oxidation sites excluding steroid dienone is 1. The van der Waals surface area contributed by atoms with Crippen LogP contribution in [-0.4, -0.2) is 26.1 Å². The number of rotatable bonds is 5. The quantitative estimate of drug-likeness (QED) is 0.286. The van der Waals surface area contributed by atoms with Crippen molar-refractivity contribution in [2.45, 2.75) is 0 Å². The van der Waals surface area contributed by atoms with Gasteiger partial charge < -0.3 is 20.0 Å². The second-order valence-electron chi connectivity index (χ2n) is 4.55. The molecule has 0 saturated carbocycles. The van der Waals surface area contributed by atoms with Gasteiger partial charge in [0, 0.05) is 11.8 Å². The molecule has 0 aliphatic carbocycles. The highest BCUT2D eigenvalue weighted by molar-refractivity contribution is 6.05. The zero-order chi connectivity index (χ0) is 16.2. The molecule has 2 aromatic heterocycles. The molecule has 3 aromatic rings. The molecule has 0 atom stereocenters. The third-order valence-electron chi connectivity index (χ3n) is 2.93. The predicted octanol–water partition coefficient (Wildman–Crippen LogP) is 2.55. The van der Waals surface area contributed by atoms with Crippen molar-refractivity contribution in [1.29, 1.82) is 0 Å². The number of H-pyrrole nitrogens is 1. The van der Waals surface area contributed by atoms with Gasteiger partial charge in [0.25, 0.3) is 0 Å². The van der Waals surface area contributed by atoms with Crippen LogP contribution >= 0.6 is 0 Å². The van der Waals surface area contributed by atoms with Crippen molar-refractivity contribution in [2.75, 3.05) is 5.73 Å². The Morgan fingerprint density at radius 2 is 2.09 bits per heavy atom. The zero-order valence-electron chi connectivity index (χ0n) is 11.8. The van der Waals surface area contributed by atoms with Gasteiger partial charge in [0.1, 0.15) is 30.4 Å². The highest BCUT2D eigenvalue weighted by atomic mass is 16.5. The molecule has 8 heteroatoms. The zero-order valence-corrected chi connectivity index (χ0v) is 11.8. The van der Waals surface area contributed by atoms with Gasteiger partial charge in [-0.1, -0.05) is 0 Å². The number of ketones is 1. The first-order chi connectivity index (χ1) is 11.1. The molecule has 4 N–H and O–H groups in total. The molecule has 0 spiro atoms. The molecular formula is C15H12N4O4. The van der Waals surface area contributed by atoms with Crippen molar-refractivity contribution in [3.8, 4) is 11.5 Å². The van der Waals surface area contributed by atoms with E-state index in [-0.39, 0.29) is 22.9 Å². The number of nitrogens with one attached hydrogen (secondary N) is 1. The van der Waals surface area contributed by atoms with Gasteiger partial charge in [0.15, 0.2) is 11.6 Å². The Bertz CT molecular complexity index is 835. The van der Waals surface area contributed by atoms with Crippen LogP contribution in [-0.2, 0) is 0 Å². The summed E-state index contributed by atoms with van der Waals surface area (Å²) in [5.41, 5.74) is 6.44. The van der Waals surface area contributed by atoms with E-state index in [1.54, 1.807) is 24.3 Å². The molecule has 3 rings (SSSR count). The number of anilines is 1. The molecule has 0 bridgehead atoms. The first kappa shape index (κ1) is 14.4. The van der Waals surface area contributed by atoms with Crippen molar-refractivity contribution >= 4 is 17.2 Å². The number of nitrogens with zero attached hydrogens (tertiary/aromatic N) is 2. The fourth-order valence-electron chi connectivity index (χ4n) is 1.81. The third-order valence-corrected chi connectivity index (χ3v) is 2.93. The molecule has 0 aliphatic rings. The molecule has 0 radical (unpaired) electrons. The topological polar surface area (TPSA) is 127 Å². The Hall–Kier alpha value is -3.55. The molecule has 0 aliphatic heterocycles. The number of nitrogen functional groups attached to an aromatic ring is 1. The molecule has 23 heavy (non-hydrogen) atoms. The van der Waals surface area contributed by atoms with E-state index < -0.39 is 5.78 Å². The van der Waals surface area contributed by atoms with Gasteiger partial charge >= 0.3 is 0 Å². The lowest BCUT2D eigenvalue weighted by Crippen LogP contribution is -1.99. The molecule has 1 aromatic carbocycles. The molecule has 116 valence electrons. The maximum absolute atomic E-state index is 11.9.